The van der Waals surface area contributed by atoms with Gasteiger partial charge in [0.1, 0.15) is 5.78 Å². The highest BCUT2D eigenvalue weighted by Crippen LogP contribution is 2.37. The first kappa shape index (κ1) is 36.6. The molecule has 0 aromatic carbocycles. The lowest BCUT2D eigenvalue weighted by Gasteiger charge is -2.36. The van der Waals surface area contributed by atoms with Gasteiger partial charge in [0.2, 0.25) is 17.6 Å². The van der Waals surface area contributed by atoms with Gasteiger partial charge in [-0.3, -0.25) is 28.8 Å². The number of hydrogen-bond acceptors (Lipinski definition) is 7. The van der Waals surface area contributed by atoms with Gasteiger partial charge in [0.15, 0.2) is 5.78 Å². The lowest BCUT2D eigenvalue weighted by molar-refractivity contribution is -0.146. The van der Waals surface area contributed by atoms with Crippen LogP contribution in [-0.2, 0) is 28.8 Å². The van der Waals surface area contributed by atoms with Crippen molar-refractivity contribution in [1.82, 2.24) is 10.2 Å². The SMILES string of the molecule is CC(C)(N)C(=O)NC[C@@H](CC(=O)C[C@H](C(=O)N1CCC[C@H]1C(=O)CC(CC1CCC1)C(=O)C(N)=O)C(C)(C)C)C(C)(C)C. The van der Waals surface area contributed by atoms with Crippen LogP contribution in [0, 0.1) is 34.5 Å². The summed E-state index contributed by atoms with van der Waals surface area (Å²) in [6, 6.07) is -0.686. The van der Waals surface area contributed by atoms with Crippen LogP contribution < -0.4 is 16.8 Å². The van der Waals surface area contributed by atoms with E-state index in [-0.39, 0.29) is 60.5 Å². The zero-order chi connectivity index (χ0) is 32.9. The molecule has 0 radical (unpaired) electrons. The summed E-state index contributed by atoms with van der Waals surface area (Å²) in [7, 11) is 0. The van der Waals surface area contributed by atoms with Crippen LogP contribution in [0.15, 0.2) is 0 Å². The van der Waals surface area contributed by atoms with Crippen molar-refractivity contribution in [3.05, 3.63) is 0 Å². The summed E-state index contributed by atoms with van der Waals surface area (Å²) < 4.78 is 0. The number of primary amides is 1. The molecular formula is C33H56N4O6. The van der Waals surface area contributed by atoms with Crippen LogP contribution in [0.25, 0.3) is 0 Å². The van der Waals surface area contributed by atoms with Gasteiger partial charge in [-0.1, -0.05) is 60.8 Å². The van der Waals surface area contributed by atoms with Gasteiger partial charge >= 0.3 is 0 Å². The minimum atomic E-state index is -1.04. The molecule has 0 spiro atoms. The monoisotopic (exact) mass is 604 g/mol. The van der Waals surface area contributed by atoms with Crippen molar-refractivity contribution < 1.29 is 28.8 Å². The summed E-state index contributed by atoms with van der Waals surface area (Å²) >= 11 is 0. The van der Waals surface area contributed by atoms with Gasteiger partial charge in [-0.15, -0.1) is 0 Å². The molecular weight excluding hydrogens is 548 g/mol. The predicted molar refractivity (Wildman–Crippen MR) is 165 cm³/mol. The van der Waals surface area contributed by atoms with E-state index in [2.05, 4.69) is 5.32 Å². The number of likely N-dealkylation sites (tertiary alicyclic amines) is 1. The van der Waals surface area contributed by atoms with E-state index in [4.69, 9.17) is 11.5 Å². The number of nitrogens with zero attached hydrogens (tertiary/aromatic N) is 1. The number of ketones is 3. The summed E-state index contributed by atoms with van der Waals surface area (Å²) in [4.78, 5) is 79.3. The topological polar surface area (TPSA) is 170 Å². The summed E-state index contributed by atoms with van der Waals surface area (Å²) in [6.07, 6.45) is 4.72. The van der Waals surface area contributed by atoms with E-state index >= 15 is 0 Å². The summed E-state index contributed by atoms with van der Waals surface area (Å²) in [5, 5.41) is 2.87. The third-order valence-corrected chi connectivity index (χ3v) is 9.38. The largest absolute Gasteiger partial charge is 0.363 e. The fourth-order valence-corrected chi connectivity index (χ4v) is 6.04. The smallest absolute Gasteiger partial charge is 0.285 e. The molecule has 10 heteroatoms. The van der Waals surface area contributed by atoms with Crippen molar-refractivity contribution in [2.24, 2.45) is 46.0 Å². The molecule has 0 aromatic rings. The molecule has 10 nitrogen and oxygen atoms in total. The lowest BCUT2D eigenvalue weighted by atomic mass is 9.73. The number of carbonyl (C=O) groups excluding carboxylic acids is 6. The Balaban J connectivity index is 2.16. The molecule has 1 aliphatic carbocycles. The molecule has 0 aromatic heterocycles. The van der Waals surface area contributed by atoms with E-state index in [0.29, 0.717) is 31.7 Å². The number of hydrogen-bond donors (Lipinski definition) is 3. The molecule has 4 atom stereocenters. The molecule has 1 heterocycles. The van der Waals surface area contributed by atoms with Crippen molar-refractivity contribution in [2.75, 3.05) is 13.1 Å². The number of rotatable bonds is 15. The van der Waals surface area contributed by atoms with Crippen molar-refractivity contribution in [1.29, 1.82) is 0 Å². The number of nitrogens with two attached hydrogens (primary N) is 2. The Morgan fingerprint density at radius 2 is 1.44 bits per heavy atom. The van der Waals surface area contributed by atoms with E-state index in [1.54, 1.807) is 18.7 Å². The molecule has 2 fully saturated rings. The maximum absolute atomic E-state index is 14.0. The molecule has 0 bridgehead atoms. The Bertz CT molecular complexity index is 1060. The zero-order valence-electron chi connectivity index (χ0n) is 27.7. The predicted octanol–water partition coefficient (Wildman–Crippen LogP) is 3.32. The standard InChI is InChI=1S/C33H56N4O6/c1-31(2,3)22(19-36-30(43)33(7,8)35)17-23(38)18-24(32(4,5)6)29(42)37-14-10-13-25(37)26(39)16-21(27(40)28(34)41)15-20-11-9-12-20/h20-22,24-25H,9-19,35H2,1-8H3,(H2,34,41)(H,36,43)/t21?,22-,24-,25+/m1/s1. The molecule has 1 unspecified atom stereocenters. The molecule has 1 aliphatic heterocycles. The Kier molecular flexibility index (Phi) is 12.3. The van der Waals surface area contributed by atoms with Crippen molar-refractivity contribution in [3.8, 4) is 0 Å². The van der Waals surface area contributed by atoms with Gasteiger partial charge in [0.05, 0.1) is 11.6 Å². The first-order chi connectivity index (χ1) is 19.6. The second-order valence-electron chi connectivity index (χ2n) is 15.7. The van der Waals surface area contributed by atoms with Gasteiger partial charge in [-0.05, 0) is 55.8 Å². The van der Waals surface area contributed by atoms with Crippen LogP contribution in [0.4, 0.5) is 0 Å². The first-order valence-electron chi connectivity index (χ1n) is 15.9. The van der Waals surface area contributed by atoms with Gasteiger partial charge in [0.25, 0.3) is 5.91 Å². The highest BCUT2D eigenvalue weighted by molar-refractivity contribution is 6.36. The van der Waals surface area contributed by atoms with Crippen LogP contribution in [0.5, 0.6) is 0 Å². The molecule has 5 N–H and O–H groups in total. The average molecular weight is 605 g/mol. The Labute approximate surface area is 257 Å². The van der Waals surface area contributed by atoms with E-state index in [9.17, 15) is 28.8 Å². The van der Waals surface area contributed by atoms with Crippen LogP contribution in [0.1, 0.15) is 113 Å². The molecule has 244 valence electrons. The molecule has 1 saturated heterocycles. The zero-order valence-corrected chi connectivity index (χ0v) is 27.7. The van der Waals surface area contributed by atoms with E-state index in [1.165, 1.54) is 0 Å². The van der Waals surface area contributed by atoms with Gasteiger partial charge in [-0.2, -0.15) is 0 Å². The Morgan fingerprint density at radius 1 is 0.837 bits per heavy atom. The number of carbonyl (C=O) groups is 6. The summed E-state index contributed by atoms with van der Waals surface area (Å²) in [5.74, 6) is -3.84. The Hall–Kier alpha value is -2.62. The fraction of sp³-hybridized carbons (Fsp3) is 0.818. The van der Waals surface area contributed by atoms with Gasteiger partial charge in [0, 0.05) is 44.2 Å². The minimum absolute atomic E-state index is 0.0210. The van der Waals surface area contributed by atoms with E-state index < -0.39 is 40.5 Å². The van der Waals surface area contributed by atoms with Gasteiger partial charge < -0.3 is 21.7 Å². The van der Waals surface area contributed by atoms with Gasteiger partial charge in [-0.25, -0.2) is 0 Å². The molecule has 2 rings (SSSR count). The summed E-state index contributed by atoms with van der Waals surface area (Å²) in [6.45, 7) is 15.7. The normalized spacial score (nSPS) is 20.1. The second kappa shape index (κ2) is 14.4. The maximum atomic E-state index is 14.0. The number of amides is 3. The third-order valence-electron chi connectivity index (χ3n) is 9.38. The van der Waals surface area contributed by atoms with Crippen molar-refractivity contribution in [2.45, 2.75) is 125 Å². The highest BCUT2D eigenvalue weighted by atomic mass is 16.2. The average Bonchev–Trinajstić information content (AvgIpc) is 3.33. The fourth-order valence-electron chi connectivity index (χ4n) is 6.04. The Morgan fingerprint density at radius 3 is 1.91 bits per heavy atom. The summed E-state index contributed by atoms with van der Waals surface area (Å²) in [5.41, 5.74) is 9.35. The maximum Gasteiger partial charge on any atom is 0.285 e. The van der Waals surface area contributed by atoms with Crippen LogP contribution in [-0.4, -0.2) is 64.6 Å². The van der Waals surface area contributed by atoms with Crippen molar-refractivity contribution >= 4 is 35.1 Å². The number of nitrogens with one attached hydrogen (secondary N) is 1. The first-order valence-corrected chi connectivity index (χ1v) is 15.9. The van der Waals surface area contributed by atoms with Crippen LogP contribution in [0.2, 0.25) is 0 Å². The van der Waals surface area contributed by atoms with Crippen LogP contribution >= 0.6 is 0 Å². The van der Waals surface area contributed by atoms with E-state index in [1.807, 2.05) is 41.5 Å². The molecule has 3 amide bonds. The second-order valence-corrected chi connectivity index (χ2v) is 15.7. The highest BCUT2D eigenvalue weighted by Gasteiger charge is 2.43. The molecule has 1 saturated carbocycles. The van der Waals surface area contributed by atoms with Crippen molar-refractivity contribution in [3.63, 3.8) is 0 Å². The quantitative estimate of drug-likeness (QED) is 0.241. The van der Waals surface area contributed by atoms with Crippen LogP contribution in [0.3, 0.4) is 0 Å². The molecule has 2 aliphatic rings. The third kappa shape index (κ3) is 10.5. The lowest BCUT2D eigenvalue weighted by Crippen LogP contribution is -2.51. The van der Waals surface area contributed by atoms with E-state index in [0.717, 1.165) is 19.3 Å². The minimum Gasteiger partial charge on any atom is -0.363 e. The number of Topliss-reactive ketones (excluding diaryl/α,β-unsaturated/α-hetero) is 3. The molecule has 43 heavy (non-hydrogen) atoms.